The van der Waals surface area contributed by atoms with Crippen molar-refractivity contribution in [3.05, 3.63) is 33.4 Å². The van der Waals surface area contributed by atoms with Crippen LogP contribution >= 0.6 is 22.6 Å². The van der Waals surface area contributed by atoms with Crippen molar-refractivity contribution in [3.8, 4) is 0 Å². The van der Waals surface area contributed by atoms with Gasteiger partial charge in [0, 0.05) is 15.7 Å². The fourth-order valence-corrected chi connectivity index (χ4v) is 1.35. The quantitative estimate of drug-likeness (QED) is 0.819. The number of hydrogen-bond acceptors (Lipinski definition) is 2. The first-order valence-corrected chi connectivity index (χ1v) is 5.58. The van der Waals surface area contributed by atoms with E-state index in [9.17, 15) is 13.6 Å². The number of benzene rings is 1. The fourth-order valence-electron chi connectivity index (χ4n) is 0.990. The van der Waals surface area contributed by atoms with E-state index in [-0.39, 0.29) is 0 Å². The zero-order valence-electron chi connectivity index (χ0n) is 8.16. The van der Waals surface area contributed by atoms with Gasteiger partial charge in [0.25, 0.3) is 12.3 Å². The van der Waals surface area contributed by atoms with Crippen molar-refractivity contribution in [2.45, 2.75) is 12.5 Å². The Kier molecular flexibility index (Phi) is 5.07. The zero-order valence-corrected chi connectivity index (χ0v) is 10.3. The number of amides is 1. The van der Waals surface area contributed by atoms with Crippen LogP contribution in [0.25, 0.3) is 0 Å². The molecule has 1 amide bonds. The fraction of sp³-hybridized carbons (Fsp3) is 0.300. The van der Waals surface area contributed by atoms with Crippen LogP contribution in [-0.4, -0.2) is 30.1 Å². The summed E-state index contributed by atoms with van der Waals surface area (Å²) in [5.74, 6) is -0.476. The Morgan fingerprint density at radius 3 is 2.44 bits per heavy atom. The first-order valence-electron chi connectivity index (χ1n) is 4.50. The number of rotatable bonds is 4. The van der Waals surface area contributed by atoms with Crippen molar-refractivity contribution in [1.82, 2.24) is 5.32 Å². The Labute approximate surface area is 105 Å². The summed E-state index contributed by atoms with van der Waals surface area (Å²) in [4.78, 5) is 11.4. The second-order valence-corrected chi connectivity index (χ2v) is 4.36. The molecule has 1 aromatic carbocycles. The van der Waals surface area contributed by atoms with Crippen LogP contribution in [0.5, 0.6) is 0 Å². The third kappa shape index (κ3) is 4.01. The van der Waals surface area contributed by atoms with Gasteiger partial charge in [-0.3, -0.25) is 4.79 Å². The van der Waals surface area contributed by atoms with E-state index in [0.29, 0.717) is 5.56 Å². The summed E-state index contributed by atoms with van der Waals surface area (Å²) >= 11 is 2.09. The van der Waals surface area contributed by atoms with Crippen molar-refractivity contribution in [2.75, 3.05) is 6.54 Å². The highest BCUT2D eigenvalue weighted by Crippen LogP contribution is 2.06. The minimum atomic E-state index is -2.85. The number of halogens is 3. The van der Waals surface area contributed by atoms with Crippen LogP contribution < -0.4 is 5.32 Å². The Morgan fingerprint density at radius 2 is 1.94 bits per heavy atom. The highest BCUT2D eigenvalue weighted by atomic mass is 127. The molecule has 0 saturated carbocycles. The van der Waals surface area contributed by atoms with Crippen LogP contribution in [0.1, 0.15) is 10.4 Å². The lowest BCUT2D eigenvalue weighted by Crippen LogP contribution is -2.35. The largest absolute Gasteiger partial charge is 0.385 e. The first kappa shape index (κ1) is 13.3. The van der Waals surface area contributed by atoms with E-state index >= 15 is 0 Å². The van der Waals surface area contributed by atoms with Crippen LogP contribution in [0.15, 0.2) is 24.3 Å². The van der Waals surface area contributed by atoms with E-state index in [1.165, 1.54) is 0 Å². The van der Waals surface area contributed by atoms with Crippen LogP contribution in [0.4, 0.5) is 8.78 Å². The van der Waals surface area contributed by atoms with Gasteiger partial charge >= 0.3 is 0 Å². The molecule has 1 aromatic rings. The number of nitrogens with one attached hydrogen (secondary N) is 1. The van der Waals surface area contributed by atoms with Crippen molar-refractivity contribution < 1.29 is 18.7 Å². The lowest BCUT2D eigenvalue weighted by atomic mass is 10.2. The lowest BCUT2D eigenvalue weighted by Gasteiger charge is -2.10. The van der Waals surface area contributed by atoms with Gasteiger partial charge in [0.05, 0.1) is 0 Å². The topological polar surface area (TPSA) is 49.3 Å². The maximum atomic E-state index is 11.9. The highest BCUT2D eigenvalue weighted by Gasteiger charge is 2.17. The van der Waals surface area contributed by atoms with Crippen molar-refractivity contribution in [1.29, 1.82) is 0 Å². The summed E-state index contributed by atoms with van der Waals surface area (Å²) in [6, 6.07) is 6.65. The average molecular weight is 341 g/mol. The van der Waals surface area contributed by atoms with Gasteiger partial charge in [-0.1, -0.05) is 0 Å². The normalized spacial score (nSPS) is 12.6. The molecule has 3 nitrogen and oxygen atoms in total. The van der Waals surface area contributed by atoms with Crippen molar-refractivity contribution in [2.24, 2.45) is 0 Å². The number of carbonyl (C=O) groups is 1. The van der Waals surface area contributed by atoms with E-state index in [2.05, 4.69) is 27.9 Å². The Bertz CT molecular complexity index is 356. The maximum Gasteiger partial charge on any atom is 0.265 e. The standard InChI is InChI=1S/C10H10F2INO2/c11-9(12)8(15)5-14-10(16)6-1-3-7(13)4-2-6/h1-4,8-9,15H,5H2,(H,14,16). The molecule has 16 heavy (non-hydrogen) atoms. The predicted molar refractivity (Wildman–Crippen MR) is 63.5 cm³/mol. The number of hydrogen-bond donors (Lipinski definition) is 2. The summed E-state index contributed by atoms with van der Waals surface area (Å²) in [5, 5.41) is 11.0. The molecule has 6 heteroatoms. The Balaban J connectivity index is 2.50. The number of alkyl halides is 2. The minimum absolute atomic E-state index is 0.377. The molecule has 0 aliphatic carbocycles. The summed E-state index contributed by atoms with van der Waals surface area (Å²) in [6.45, 7) is -0.456. The van der Waals surface area contributed by atoms with Crippen molar-refractivity contribution in [3.63, 3.8) is 0 Å². The smallest absolute Gasteiger partial charge is 0.265 e. The zero-order chi connectivity index (χ0) is 12.1. The third-order valence-corrected chi connectivity index (χ3v) is 2.59. The van der Waals surface area contributed by atoms with Gasteiger partial charge < -0.3 is 10.4 Å². The van der Waals surface area contributed by atoms with E-state index in [1.54, 1.807) is 24.3 Å². The predicted octanol–water partition coefficient (Wildman–Crippen LogP) is 1.65. The number of carbonyl (C=O) groups excluding carboxylic acids is 1. The molecule has 1 unspecified atom stereocenters. The highest BCUT2D eigenvalue weighted by molar-refractivity contribution is 14.1. The SMILES string of the molecule is O=C(NCC(O)C(F)F)c1ccc(I)cc1. The Morgan fingerprint density at radius 1 is 1.38 bits per heavy atom. The van der Waals surface area contributed by atoms with Gasteiger partial charge in [0.1, 0.15) is 6.10 Å². The molecule has 2 N–H and O–H groups in total. The van der Waals surface area contributed by atoms with Gasteiger partial charge in [-0.2, -0.15) is 0 Å². The van der Waals surface area contributed by atoms with Gasteiger partial charge in [0.15, 0.2) is 0 Å². The first-order chi connectivity index (χ1) is 7.50. The molecule has 0 fully saturated rings. The maximum absolute atomic E-state index is 11.9. The number of aliphatic hydroxyl groups is 1. The van der Waals surface area contributed by atoms with Crippen LogP contribution in [0.2, 0.25) is 0 Å². The van der Waals surface area contributed by atoms with E-state index < -0.39 is 25.0 Å². The van der Waals surface area contributed by atoms with Gasteiger partial charge in [0.2, 0.25) is 0 Å². The minimum Gasteiger partial charge on any atom is -0.385 e. The molecule has 0 bridgehead atoms. The molecular formula is C10H10F2INO2. The average Bonchev–Trinajstić information content (AvgIpc) is 2.26. The van der Waals surface area contributed by atoms with Gasteiger partial charge in [-0.25, -0.2) is 8.78 Å². The second kappa shape index (κ2) is 6.09. The van der Waals surface area contributed by atoms with Crippen LogP contribution in [0.3, 0.4) is 0 Å². The van der Waals surface area contributed by atoms with Crippen LogP contribution in [0, 0.1) is 3.57 Å². The molecule has 1 atom stereocenters. The molecule has 0 aromatic heterocycles. The summed E-state index contributed by atoms with van der Waals surface area (Å²) < 4.78 is 24.8. The molecule has 0 radical (unpaired) electrons. The molecule has 0 aliphatic rings. The summed E-state index contributed by atoms with van der Waals surface area (Å²) in [5.41, 5.74) is 0.377. The summed E-state index contributed by atoms with van der Waals surface area (Å²) in [6.07, 6.45) is -4.68. The molecule has 88 valence electrons. The molecular weight excluding hydrogens is 331 g/mol. The Hall–Kier alpha value is -0.760. The molecule has 1 rings (SSSR count). The number of aliphatic hydroxyl groups excluding tert-OH is 1. The molecule has 0 aliphatic heterocycles. The third-order valence-electron chi connectivity index (χ3n) is 1.87. The second-order valence-electron chi connectivity index (χ2n) is 3.12. The van der Waals surface area contributed by atoms with E-state index in [0.717, 1.165) is 3.57 Å². The van der Waals surface area contributed by atoms with Crippen molar-refractivity contribution >= 4 is 28.5 Å². The lowest BCUT2D eigenvalue weighted by molar-refractivity contribution is -0.00270. The molecule has 0 saturated heterocycles. The monoisotopic (exact) mass is 341 g/mol. The van der Waals surface area contributed by atoms with E-state index in [1.807, 2.05) is 0 Å². The van der Waals surface area contributed by atoms with Gasteiger partial charge in [-0.15, -0.1) is 0 Å². The van der Waals surface area contributed by atoms with E-state index in [4.69, 9.17) is 5.11 Å². The van der Waals surface area contributed by atoms with Crippen LogP contribution in [-0.2, 0) is 0 Å². The molecule has 0 heterocycles. The van der Waals surface area contributed by atoms with Gasteiger partial charge in [-0.05, 0) is 46.9 Å². The molecule has 0 spiro atoms. The summed E-state index contributed by atoms with van der Waals surface area (Å²) in [7, 11) is 0.